The summed E-state index contributed by atoms with van der Waals surface area (Å²) < 4.78 is 6.17. The molecule has 1 N–H and O–H groups in total. The van der Waals surface area contributed by atoms with Crippen LogP contribution in [-0.4, -0.2) is 29.8 Å². The first-order chi connectivity index (χ1) is 10.2. The molecule has 3 rings (SSSR count). The molecule has 2 heterocycles. The predicted octanol–water partition coefficient (Wildman–Crippen LogP) is 4.67. The number of anilines is 1. The van der Waals surface area contributed by atoms with Gasteiger partial charge in [-0.2, -0.15) is 11.8 Å². The highest BCUT2D eigenvalue weighted by molar-refractivity contribution is 7.99. The van der Waals surface area contributed by atoms with Crippen molar-refractivity contribution in [3.05, 3.63) is 29.8 Å². The molecule has 1 spiro atoms. The first kappa shape index (κ1) is 15.2. The lowest BCUT2D eigenvalue weighted by Crippen LogP contribution is -2.46. The number of hydrogen-bond acceptors (Lipinski definition) is 3. The van der Waals surface area contributed by atoms with E-state index >= 15 is 0 Å². The number of hydrogen-bond donors (Lipinski definition) is 1. The Bertz CT molecular complexity index is 445. The minimum Gasteiger partial charge on any atom is -0.382 e. The molecule has 0 aromatic heterocycles. The van der Waals surface area contributed by atoms with Crippen molar-refractivity contribution in [2.75, 3.05) is 23.4 Å². The molecule has 2 fully saturated rings. The van der Waals surface area contributed by atoms with Crippen molar-refractivity contribution in [1.82, 2.24) is 0 Å². The lowest BCUT2D eigenvalue weighted by molar-refractivity contribution is -0.0865. The van der Waals surface area contributed by atoms with Gasteiger partial charge in [0.15, 0.2) is 0 Å². The molecule has 2 saturated heterocycles. The van der Waals surface area contributed by atoms with Gasteiger partial charge in [0.2, 0.25) is 0 Å². The third-order valence-corrected chi connectivity index (χ3v) is 5.83. The van der Waals surface area contributed by atoms with Crippen LogP contribution in [-0.2, 0) is 4.74 Å². The van der Waals surface area contributed by atoms with Crippen LogP contribution in [0.4, 0.5) is 5.69 Å². The van der Waals surface area contributed by atoms with Crippen molar-refractivity contribution in [2.45, 2.75) is 57.1 Å². The van der Waals surface area contributed by atoms with Gasteiger partial charge in [-0.25, -0.2) is 0 Å². The Hall–Kier alpha value is -0.670. The Morgan fingerprint density at radius 1 is 1.19 bits per heavy atom. The Labute approximate surface area is 133 Å². The number of benzene rings is 1. The summed E-state index contributed by atoms with van der Waals surface area (Å²) in [6, 6.07) is 9.52. The molecule has 2 aliphatic rings. The topological polar surface area (TPSA) is 21.3 Å². The molecule has 0 aliphatic carbocycles. The van der Waals surface area contributed by atoms with E-state index in [-0.39, 0.29) is 5.60 Å². The molecule has 3 heteroatoms. The molecule has 1 aromatic carbocycles. The SMILES string of the molecule is CC(C)c1ccc(NC2CCOC3(CCSCC3)C2)cc1. The van der Waals surface area contributed by atoms with Gasteiger partial charge in [-0.1, -0.05) is 26.0 Å². The standard InChI is InChI=1S/C18H27NOS/c1-14(2)15-3-5-16(6-4-15)19-17-7-10-20-18(13-17)8-11-21-12-9-18/h3-6,14,17,19H,7-13H2,1-2H3. The summed E-state index contributed by atoms with van der Waals surface area (Å²) in [5.41, 5.74) is 2.83. The molecule has 2 nitrogen and oxygen atoms in total. The Morgan fingerprint density at radius 2 is 1.90 bits per heavy atom. The van der Waals surface area contributed by atoms with Crippen molar-refractivity contribution < 1.29 is 4.74 Å². The fraction of sp³-hybridized carbons (Fsp3) is 0.667. The van der Waals surface area contributed by atoms with Gasteiger partial charge in [-0.3, -0.25) is 0 Å². The Morgan fingerprint density at radius 3 is 2.57 bits per heavy atom. The van der Waals surface area contributed by atoms with E-state index in [1.165, 1.54) is 42.0 Å². The number of ether oxygens (including phenoxy) is 1. The molecule has 1 unspecified atom stereocenters. The molecule has 0 radical (unpaired) electrons. The minimum atomic E-state index is 0.166. The second kappa shape index (κ2) is 6.62. The van der Waals surface area contributed by atoms with E-state index in [2.05, 4.69) is 55.2 Å². The van der Waals surface area contributed by atoms with E-state index in [9.17, 15) is 0 Å². The predicted molar refractivity (Wildman–Crippen MR) is 92.4 cm³/mol. The molecule has 21 heavy (non-hydrogen) atoms. The second-order valence-corrected chi connectivity index (χ2v) is 7.98. The normalized spacial score (nSPS) is 25.2. The fourth-order valence-electron chi connectivity index (χ4n) is 3.44. The van der Waals surface area contributed by atoms with E-state index in [1.54, 1.807) is 0 Å². The van der Waals surface area contributed by atoms with Crippen LogP contribution < -0.4 is 5.32 Å². The van der Waals surface area contributed by atoms with E-state index in [1.807, 2.05) is 0 Å². The molecule has 116 valence electrons. The zero-order valence-electron chi connectivity index (χ0n) is 13.2. The van der Waals surface area contributed by atoms with Crippen molar-refractivity contribution in [3.63, 3.8) is 0 Å². The summed E-state index contributed by atoms with van der Waals surface area (Å²) in [6.07, 6.45) is 4.74. The Kier molecular flexibility index (Phi) is 4.80. The maximum atomic E-state index is 6.17. The van der Waals surface area contributed by atoms with Gasteiger partial charge in [-0.05, 0) is 60.8 Å². The van der Waals surface area contributed by atoms with Gasteiger partial charge in [0, 0.05) is 18.3 Å². The van der Waals surface area contributed by atoms with Crippen LogP contribution >= 0.6 is 11.8 Å². The highest BCUT2D eigenvalue weighted by Gasteiger charge is 2.38. The molecule has 2 aliphatic heterocycles. The summed E-state index contributed by atoms with van der Waals surface area (Å²) in [5.74, 6) is 3.12. The summed E-state index contributed by atoms with van der Waals surface area (Å²) in [5, 5.41) is 3.73. The Balaban J connectivity index is 1.61. The average molecular weight is 305 g/mol. The van der Waals surface area contributed by atoms with Crippen LogP contribution in [0.25, 0.3) is 0 Å². The second-order valence-electron chi connectivity index (χ2n) is 6.75. The number of rotatable bonds is 3. The third-order valence-electron chi connectivity index (χ3n) is 4.85. The average Bonchev–Trinajstić information content (AvgIpc) is 2.49. The summed E-state index contributed by atoms with van der Waals surface area (Å²) >= 11 is 2.07. The van der Waals surface area contributed by atoms with Crippen LogP contribution in [0, 0.1) is 0 Å². The van der Waals surface area contributed by atoms with E-state index in [0.29, 0.717) is 12.0 Å². The van der Waals surface area contributed by atoms with E-state index < -0.39 is 0 Å². The molecular weight excluding hydrogens is 278 g/mol. The summed E-state index contributed by atoms with van der Waals surface area (Å²) in [7, 11) is 0. The third kappa shape index (κ3) is 3.75. The monoisotopic (exact) mass is 305 g/mol. The first-order valence-electron chi connectivity index (χ1n) is 8.25. The first-order valence-corrected chi connectivity index (χ1v) is 9.41. The minimum absolute atomic E-state index is 0.166. The smallest absolute Gasteiger partial charge is 0.0717 e. The highest BCUT2D eigenvalue weighted by Crippen LogP contribution is 2.38. The van der Waals surface area contributed by atoms with Gasteiger partial charge in [0.25, 0.3) is 0 Å². The maximum Gasteiger partial charge on any atom is 0.0717 e. The fourth-order valence-corrected chi connectivity index (χ4v) is 4.68. The van der Waals surface area contributed by atoms with Gasteiger partial charge >= 0.3 is 0 Å². The van der Waals surface area contributed by atoms with E-state index in [4.69, 9.17) is 4.74 Å². The van der Waals surface area contributed by atoms with Crippen LogP contribution in [0.1, 0.15) is 51.0 Å². The van der Waals surface area contributed by atoms with Crippen molar-refractivity contribution in [2.24, 2.45) is 0 Å². The summed E-state index contributed by atoms with van der Waals surface area (Å²) in [4.78, 5) is 0. The lowest BCUT2D eigenvalue weighted by atomic mass is 9.85. The van der Waals surface area contributed by atoms with Gasteiger partial charge in [0.1, 0.15) is 0 Å². The van der Waals surface area contributed by atoms with Crippen LogP contribution in [0.2, 0.25) is 0 Å². The van der Waals surface area contributed by atoms with Crippen molar-refractivity contribution in [3.8, 4) is 0 Å². The van der Waals surface area contributed by atoms with Gasteiger partial charge in [-0.15, -0.1) is 0 Å². The van der Waals surface area contributed by atoms with Crippen molar-refractivity contribution in [1.29, 1.82) is 0 Å². The highest BCUT2D eigenvalue weighted by atomic mass is 32.2. The molecule has 1 atom stereocenters. The maximum absolute atomic E-state index is 6.17. The van der Waals surface area contributed by atoms with Crippen molar-refractivity contribution >= 4 is 17.4 Å². The number of thioether (sulfide) groups is 1. The quantitative estimate of drug-likeness (QED) is 0.877. The zero-order chi connectivity index (χ0) is 14.7. The largest absolute Gasteiger partial charge is 0.382 e. The molecule has 0 saturated carbocycles. The van der Waals surface area contributed by atoms with Gasteiger partial charge < -0.3 is 10.1 Å². The van der Waals surface area contributed by atoms with Crippen LogP contribution in [0.15, 0.2) is 24.3 Å². The zero-order valence-corrected chi connectivity index (χ0v) is 14.0. The number of nitrogens with one attached hydrogen (secondary N) is 1. The molecule has 0 amide bonds. The summed E-state index contributed by atoms with van der Waals surface area (Å²) in [6.45, 7) is 5.39. The molecule has 0 bridgehead atoms. The molecular formula is C18H27NOS. The lowest BCUT2D eigenvalue weighted by Gasteiger charge is -2.43. The van der Waals surface area contributed by atoms with Gasteiger partial charge in [0.05, 0.1) is 5.60 Å². The van der Waals surface area contributed by atoms with E-state index in [0.717, 1.165) is 13.0 Å². The molecule has 1 aromatic rings. The van der Waals surface area contributed by atoms with Crippen LogP contribution in [0.5, 0.6) is 0 Å². The van der Waals surface area contributed by atoms with Crippen LogP contribution in [0.3, 0.4) is 0 Å².